The highest BCUT2D eigenvalue weighted by Gasteiger charge is 2.21. The van der Waals surface area contributed by atoms with Crippen LogP contribution < -0.4 is 16.0 Å². The predicted molar refractivity (Wildman–Crippen MR) is 137 cm³/mol. The number of carbonyl (C=O) groups excluding carboxylic acids is 2. The Labute approximate surface area is 211 Å². The maximum Gasteiger partial charge on any atom is 0.251 e. The van der Waals surface area contributed by atoms with Crippen molar-refractivity contribution in [3.05, 3.63) is 100 Å². The van der Waals surface area contributed by atoms with E-state index in [9.17, 15) is 14.0 Å². The first-order valence-electron chi connectivity index (χ1n) is 11.3. The molecule has 0 bridgehead atoms. The molecule has 0 saturated heterocycles. The Morgan fingerprint density at radius 3 is 2.72 bits per heavy atom. The van der Waals surface area contributed by atoms with Crippen molar-refractivity contribution in [2.75, 3.05) is 17.2 Å². The molecule has 0 radical (unpaired) electrons. The molecule has 0 unspecified atom stereocenters. The summed E-state index contributed by atoms with van der Waals surface area (Å²) in [7, 11) is 0. The van der Waals surface area contributed by atoms with Crippen LogP contribution in [-0.2, 0) is 17.6 Å². The minimum Gasteiger partial charge on any atom is -0.352 e. The average Bonchev–Trinajstić information content (AvgIpc) is 2.99. The molecule has 7 nitrogen and oxygen atoms in total. The lowest BCUT2D eigenvalue weighted by atomic mass is 10.1. The van der Waals surface area contributed by atoms with Gasteiger partial charge in [-0.25, -0.2) is 14.4 Å². The van der Waals surface area contributed by atoms with Crippen LogP contribution in [0.3, 0.4) is 0 Å². The summed E-state index contributed by atoms with van der Waals surface area (Å²) in [6.07, 6.45) is 2.33. The molecule has 2 heterocycles. The van der Waals surface area contributed by atoms with Crippen LogP contribution >= 0.6 is 11.6 Å². The topological polar surface area (TPSA) is 96.0 Å². The SMILES string of the molecule is O=C1Cc2cnc(Nc3ccc(C(=O)NCCc4cccc(F)c4)cc3)nc2-c2ccc(Cl)cc2N1. The third-order valence-corrected chi connectivity index (χ3v) is 5.95. The molecule has 180 valence electrons. The lowest BCUT2D eigenvalue weighted by Gasteiger charge is -2.11. The van der Waals surface area contributed by atoms with E-state index >= 15 is 0 Å². The molecular formula is C27H21ClFN5O2. The van der Waals surface area contributed by atoms with Gasteiger partial charge in [-0.3, -0.25) is 9.59 Å². The van der Waals surface area contributed by atoms with Gasteiger partial charge < -0.3 is 16.0 Å². The van der Waals surface area contributed by atoms with E-state index in [1.807, 2.05) is 12.1 Å². The van der Waals surface area contributed by atoms with Gasteiger partial charge in [0.15, 0.2) is 0 Å². The number of rotatable bonds is 6. The molecule has 2 amide bonds. The lowest BCUT2D eigenvalue weighted by molar-refractivity contribution is -0.115. The van der Waals surface area contributed by atoms with Gasteiger partial charge in [0.05, 0.1) is 17.8 Å². The van der Waals surface area contributed by atoms with Gasteiger partial charge in [-0.2, -0.15) is 0 Å². The summed E-state index contributed by atoms with van der Waals surface area (Å²) >= 11 is 6.10. The Morgan fingerprint density at radius 1 is 1.08 bits per heavy atom. The largest absolute Gasteiger partial charge is 0.352 e. The van der Waals surface area contributed by atoms with Crippen molar-refractivity contribution < 1.29 is 14.0 Å². The summed E-state index contributed by atoms with van der Waals surface area (Å²) in [5.74, 6) is -0.312. The third-order valence-electron chi connectivity index (χ3n) is 5.72. The van der Waals surface area contributed by atoms with Crippen LogP contribution in [0.15, 0.2) is 72.9 Å². The molecule has 3 N–H and O–H groups in total. The monoisotopic (exact) mass is 501 g/mol. The van der Waals surface area contributed by atoms with Gasteiger partial charge in [-0.05, 0) is 66.6 Å². The summed E-state index contributed by atoms with van der Waals surface area (Å²) in [5.41, 5.74) is 4.74. The van der Waals surface area contributed by atoms with E-state index in [-0.39, 0.29) is 24.1 Å². The van der Waals surface area contributed by atoms with Crippen molar-refractivity contribution in [3.63, 3.8) is 0 Å². The van der Waals surface area contributed by atoms with E-state index in [1.165, 1.54) is 12.1 Å². The van der Waals surface area contributed by atoms with Gasteiger partial charge in [0, 0.05) is 40.1 Å². The van der Waals surface area contributed by atoms with Crippen LogP contribution in [0.25, 0.3) is 11.3 Å². The zero-order valence-electron chi connectivity index (χ0n) is 19.0. The number of nitrogens with one attached hydrogen (secondary N) is 3. The first kappa shape index (κ1) is 23.4. The molecule has 0 saturated carbocycles. The average molecular weight is 502 g/mol. The fraction of sp³-hybridized carbons (Fsp3) is 0.111. The molecule has 1 aliphatic rings. The van der Waals surface area contributed by atoms with Crippen molar-refractivity contribution >= 4 is 40.7 Å². The van der Waals surface area contributed by atoms with Gasteiger partial charge >= 0.3 is 0 Å². The van der Waals surface area contributed by atoms with Crippen molar-refractivity contribution in [2.45, 2.75) is 12.8 Å². The molecule has 3 aromatic carbocycles. The minimum absolute atomic E-state index is 0.158. The Morgan fingerprint density at radius 2 is 1.92 bits per heavy atom. The molecular weight excluding hydrogens is 481 g/mol. The number of fused-ring (bicyclic) bond motifs is 3. The molecule has 4 aromatic rings. The Hall–Kier alpha value is -4.30. The van der Waals surface area contributed by atoms with Crippen LogP contribution in [0.1, 0.15) is 21.5 Å². The summed E-state index contributed by atoms with van der Waals surface area (Å²) in [6, 6.07) is 18.5. The first-order valence-corrected chi connectivity index (χ1v) is 11.7. The number of benzene rings is 3. The predicted octanol–water partition coefficient (Wildman–Crippen LogP) is 5.15. The first-order chi connectivity index (χ1) is 17.4. The smallest absolute Gasteiger partial charge is 0.251 e. The van der Waals surface area contributed by atoms with Gasteiger partial charge in [-0.1, -0.05) is 23.7 Å². The number of aromatic nitrogens is 2. The molecule has 0 fully saturated rings. The van der Waals surface area contributed by atoms with Gasteiger partial charge in [0.1, 0.15) is 5.82 Å². The molecule has 0 atom stereocenters. The Kier molecular flexibility index (Phi) is 6.60. The normalized spacial score (nSPS) is 12.1. The molecule has 9 heteroatoms. The van der Waals surface area contributed by atoms with Crippen LogP contribution in [0.5, 0.6) is 0 Å². The number of amides is 2. The Bertz CT molecular complexity index is 1460. The van der Waals surface area contributed by atoms with E-state index in [4.69, 9.17) is 11.6 Å². The van der Waals surface area contributed by atoms with E-state index in [0.717, 1.165) is 11.1 Å². The van der Waals surface area contributed by atoms with Crippen molar-refractivity contribution in [2.24, 2.45) is 0 Å². The maximum atomic E-state index is 13.3. The van der Waals surface area contributed by atoms with Crippen LogP contribution in [-0.4, -0.2) is 28.3 Å². The third kappa shape index (κ3) is 5.34. The molecule has 1 aromatic heterocycles. The highest BCUT2D eigenvalue weighted by molar-refractivity contribution is 6.31. The van der Waals surface area contributed by atoms with Crippen LogP contribution in [0.4, 0.5) is 21.7 Å². The molecule has 0 aliphatic carbocycles. The summed E-state index contributed by atoms with van der Waals surface area (Å²) in [6.45, 7) is 0.398. The highest BCUT2D eigenvalue weighted by Crippen LogP contribution is 2.34. The maximum absolute atomic E-state index is 13.3. The second-order valence-electron chi connectivity index (χ2n) is 8.32. The lowest BCUT2D eigenvalue weighted by Crippen LogP contribution is -2.25. The molecule has 5 rings (SSSR count). The fourth-order valence-corrected chi connectivity index (χ4v) is 4.14. The highest BCUT2D eigenvalue weighted by atomic mass is 35.5. The number of anilines is 3. The van der Waals surface area contributed by atoms with E-state index in [2.05, 4.69) is 25.9 Å². The number of hydrogen-bond acceptors (Lipinski definition) is 5. The van der Waals surface area contributed by atoms with Crippen molar-refractivity contribution in [3.8, 4) is 11.3 Å². The summed E-state index contributed by atoms with van der Waals surface area (Å²) < 4.78 is 13.3. The van der Waals surface area contributed by atoms with Gasteiger partial charge in [-0.15, -0.1) is 0 Å². The molecule has 0 spiro atoms. The standard InChI is InChI=1S/C27H21ClFN5O2/c28-19-6-9-22-23(14-19)33-24(35)13-18-15-31-27(34-25(18)22)32-21-7-4-17(5-8-21)26(36)30-11-10-16-2-1-3-20(29)12-16/h1-9,12,14-15H,10-11,13H2,(H,30,36)(H,33,35)(H,31,32,34). The zero-order valence-corrected chi connectivity index (χ0v) is 19.8. The fourth-order valence-electron chi connectivity index (χ4n) is 3.97. The van der Waals surface area contributed by atoms with E-state index < -0.39 is 0 Å². The number of halogens is 2. The van der Waals surface area contributed by atoms with Gasteiger partial charge in [0.2, 0.25) is 11.9 Å². The van der Waals surface area contributed by atoms with Gasteiger partial charge in [0.25, 0.3) is 5.91 Å². The Balaban J connectivity index is 1.26. The van der Waals surface area contributed by atoms with Crippen LogP contribution in [0, 0.1) is 5.82 Å². The number of hydrogen-bond donors (Lipinski definition) is 3. The van der Waals surface area contributed by atoms with Crippen molar-refractivity contribution in [1.82, 2.24) is 15.3 Å². The van der Waals surface area contributed by atoms with E-state index in [0.29, 0.717) is 52.1 Å². The zero-order chi connectivity index (χ0) is 25.1. The quantitative estimate of drug-likeness (QED) is 0.340. The number of nitrogens with zero attached hydrogens (tertiary/aromatic N) is 2. The second kappa shape index (κ2) is 10.1. The minimum atomic E-state index is -0.292. The van der Waals surface area contributed by atoms with E-state index in [1.54, 1.807) is 48.7 Å². The number of carbonyl (C=O) groups is 2. The summed E-state index contributed by atoms with van der Waals surface area (Å²) in [4.78, 5) is 33.7. The van der Waals surface area contributed by atoms with Crippen LogP contribution in [0.2, 0.25) is 5.02 Å². The molecule has 36 heavy (non-hydrogen) atoms. The molecule has 1 aliphatic heterocycles. The second-order valence-corrected chi connectivity index (χ2v) is 8.76. The summed E-state index contributed by atoms with van der Waals surface area (Å²) in [5, 5.41) is 9.36. The van der Waals surface area contributed by atoms with Crippen molar-refractivity contribution in [1.29, 1.82) is 0 Å².